The lowest BCUT2D eigenvalue weighted by Crippen LogP contribution is -2.21. The van der Waals surface area contributed by atoms with E-state index in [4.69, 9.17) is 4.74 Å². The first kappa shape index (κ1) is 35.5. The third-order valence-electron chi connectivity index (χ3n) is 6.28. The molecule has 1 aromatic heterocycles. The van der Waals surface area contributed by atoms with E-state index in [2.05, 4.69) is 30.3 Å². The maximum absolute atomic E-state index is 15.1. The number of carbonyl (C=O) groups excluding carboxylic acids is 2. The van der Waals surface area contributed by atoms with Crippen LogP contribution >= 0.6 is 0 Å². The standard InChI is InChI=1S/C30H28F5N7O5S/c1-3-47-29(45)42-48(46)20-6-4-5-19(13-20)38-27-36-14-21(26(41-27)37-16(2)15-43)17-7-10-24(23(32)11-17)39-28(44)40-25-12-18(30(33,34)35)8-9-22(25)31/h4-14,16,43,48H,3,15H2,1-2H3,(H2,39,40,44)(H2,36,37,38,41). The molecular formula is C30H28F5N7O5S. The number of benzene rings is 3. The molecule has 4 aromatic rings. The molecule has 0 spiro atoms. The molecule has 3 aromatic carbocycles. The molecule has 18 heteroatoms. The number of urea groups is 1. The zero-order valence-electron chi connectivity index (χ0n) is 25.1. The average molecular weight is 694 g/mol. The molecule has 254 valence electrons. The summed E-state index contributed by atoms with van der Waals surface area (Å²) in [6, 6.07) is 9.56. The van der Waals surface area contributed by atoms with Gasteiger partial charge in [-0.25, -0.2) is 27.6 Å². The molecule has 12 nitrogen and oxygen atoms in total. The molecule has 0 aliphatic heterocycles. The third-order valence-corrected chi connectivity index (χ3v) is 7.34. The van der Waals surface area contributed by atoms with Crippen molar-refractivity contribution in [2.75, 3.05) is 34.5 Å². The molecule has 0 radical (unpaired) electrons. The molecule has 0 saturated carbocycles. The summed E-state index contributed by atoms with van der Waals surface area (Å²) in [5.74, 6) is -1.85. The largest absolute Gasteiger partial charge is 0.448 e. The fourth-order valence-corrected chi connectivity index (χ4v) is 4.80. The van der Waals surface area contributed by atoms with E-state index in [1.54, 1.807) is 26.0 Å². The third kappa shape index (κ3) is 9.35. The van der Waals surface area contributed by atoms with Gasteiger partial charge >= 0.3 is 18.3 Å². The van der Waals surface area contributed by atoms with Crippen molar-refractivity contribution >= 4 is 51.5 Å². The summed E-state index contributed by atoms with van der Waals surface area (Å²) >= 11 is 0. The number of aromatic nitrogens is 2. The molecule has 2 unspecified atom stereocenters. The summed E-state index contributed by atoms with van der Waals surface area (Å²) in [6.07, 6.45) is -4.38. The number of halogens is 5. The minimum atomic E-state index is -4.78. The summed E-state index contributed by atoms with van der Waals surface area (Å²) in [5, 5.41) is 19.6. The van der Waals surface area contributed by atoms with Crippen LogP contribution in [-0.4, -0.2) is 50.7 Å². The van der Waals surface area contributed by atoms with Crippen LogP contribution in [0.25, 0.3) is 11.1 Å². The van der Waals surface area contributed by atoms with Crippen LogP contribution in [0.4, 0.5) is 60.4 Å². The SMILES string of the molecule is CCOC(=O)/N=[SH](=O)\c1cccc(Nc2ncc(-c3ccc(NC(=O)Nc4cc(C(F)(F)F)ccc4F)c(F)c3)c(NC(C)CO)n2)c1. The zero-order chi connectivity index (χ0) is 35.0. The fraction of sp³-hybridized carbons (Fsp3) is 0.200. The van der Waals surface area contributed by atoms with Crippen LogP contribution in [-0.2, 0) is 21.5 Å². The second kappa shape index (κ2) is 15.5. The lowest BCUT2D eigenvalue weighted by molar-refractivity contribution is -0.137. The highest BCUT2D eigenvalue weighted by Crippen LogP contribution is 2.33. The molecule has 0 saturated heterocycles. The van der Waals surface area contributed by atoms with Crippen LogP contribution in [0.2, 0.25) is 0 Å². The van der Waals surface area contributed by atoms with Crippen LogP contribution in [0, 0.1) is 11.6 Å². The monoisotopic (exact) mass is 693 g/mol. The molecule has 0 aliphatic carbocycles. The molecule has 2 atom stereocenters. The molecule has 48 heavy (non-hydrogen) atoms. The number of thiol groups is 1. The Balaban J connectivity index is 1.55. The zero-order valence-corrected chi connectivity index (χ0v) is 26.0. The molecule has 0 fully saturated rings. The molecule has 0 bridgehead atoms. The summed E-state index contributed by atoms with van der Waals surface area (Å²) in [6.45, 7) is 3.03. The molecule has 3 amide bonds. The van der Waals surface area contributed by atoms with Gasteiger partial charge in [-0.05, 0) is 67.9 Å². The van der Waals surface area contributed by atoms with Crippen LogP contribution in [0.1, 0.15) is 19.4 Å². The Morgan fingerprint density at radius 3 is 2.46 bits per heavy atom. The highest BCUT2D eigenvalue weighted by molar-refractivity contribution is 7.75. The number of aliphatic hydroxyl groups excluding tert-OH is 1. The van der Waals surface area contributed by atoms with Gasteiger partial charge in [0.2, 0.25) is 5.95 Å². The topological polar surface area (TPSA) is 167 Å². The molecular weight excluding hydrogens is 665 g/mol. The van der Waals surface area contributed by atoms with Gasteiger partial charge in [0.1, 0.15) is 17.5 Å². The Morgan fingerprint density at radius 1 is 1.02 bits per heavy atom. The highest BCUT2D eigenvalue weighted by atomic mass is 32.2. The first-order chi connectivity index (χ1) is 22.8. The van der Waals surface area contributed by atoms with Crippen LogP contribution in [0.15, 0.2) is 76.1 Å². The van der Waals surface area contributed by atoms with Crippen molar-refractivity contribution in [3.63, 3.8) is 0 Å². The molecule has 5 N–H and O–H groups in total. The Morgan fingerprint density at radius 2 is 1.77 bits per heavy atom. The number of hydrogen-bond donors (Lipinski definition) is 6. The number of anilines is 5. The van der Waals surface area contributed by atoms with E-state index in [1.165, 1.54) is 30.5 Å². The van der Waals surface area contributed by atoms with E-state index in [0.717, 1.165) is 6.07 Å². The number of aliphatic hydroxyl groups is 1. The number of amides is 3. The Labute approximate surface area is 272 Å². The number of rotatable bonds is 10. The van der Waals surface area contributed by atoms with Crippen molar-refractivity contribution in [3.8, 4) is 11.1 Å². The van der Waals surface area contributed by atoms with Crippen LogP contribution < -0.4 is 21.3 Å². The Bertz CT molecular complexity index is 1900. The van der Waals surface area contributed by atoms with Gasteiger partial charge in [-0.2, -0.15) is 18.2 Å². The van der Waals surface area contributed by atoms with Gasteiger partial charge in [-0.1, -0.05) is 12.1 Å². The Kier molecular flexibility index (Phi) is 11.5. The van der Waals surface area contributed by atoms with E-state index in [-0.39, 0.29) is 46.7 Å². The van der Waals surface area contributed by atoms with Gasteiger partial charge in [0.25, 0.3) is 0 Å². The van der Waals surface area contributed by atoms with Gasteiger partial charge in [-0.3, -0.25) is 0 Å². The van der Waals surface area contributed by atoms with E-state index >= 15 is 4.39 Å². The van der Waals surface area contributed by atoms with Crippen LogP contribution in [0.5, 0.6) is 0 Å². The molecule has 4 rings (SSSR count). The smallest absolute Gasteiger partial charge is 0.441 e. The number of nitrogens with zero attached hydrogens (tertiary/aromatic N) is 3. The fourth-order valence-electron chi connectivity index (χ4n) is 4.02. The summed E-state index contributed by atoms with van der Waals surface area (Å²) in [5.41, 5.74) is -1.40. The van der Waals surface area contributed by atoms with Crippen molar-refractivity contribution in [2.24, 2.45) is 4.36 Å². The van der Waals surface area contributed by atoms with E-state index < -0.39 is 57.8 Å². The van der Waals surface area contributed by atoms with Crippen molar-refractivity contribution in [2.45, 2.75) is 31.0 Å². The summed E-state index contributed by atoms with van der Waals surface area (Å²) < 4.78 is 88.8. The minimum absolute atomic E-state index is 0.0540. The van der Waals surface area contributed by atoms with Crippen molar-refractivity contribution < 1.29 is 45.6 Å². The van der Waals surface area contributed by atoms with Crippen LogP contribution in [0.3, 0.4) is 0 Å². The van der Waals surface area contributed by atoms with Gasteiger partial charge < -0.3 is 31.1 Å². The number of nitrogens with one attached hydrogen (secondary N) is 4. The van der Waals surface area contributed by atoms with E-state index in [1.807, 2.05) is 5.32 Å². The second-order valence-corrected chi connectivity index (χ2v) is 11.2. The molecule has 1 heterocycles. The second-order valence-electron chi connectivity index (χ2n) is 9.90. The summed E-state index contributed by atoms with van der Waals surface area (Å²) in [4.78, 5) is 32.9. The normalized spacial score (nSPS) is 12.6. The van der Waals surface area contributed by atoms with Gasteiger partial charge in [0, 0.05) is 28.4 Å². The number of ether oxygens (including phenoxy) is 1. The number of hydrogen-bond acceptors (Lipinski definition) is 9. The minimum Gasteiger partial charge on any atom is -0.448 e. The average Bonchev–Trinajstić information content (AvgIpc) is 3.03. The van der Waals surface area contributed by atoms with Crippen molar-refractivity contribution in [3.05, 3.63) is 84.1 Å². The first-order valence-corrected chi connectivity index (χ1v) is 15.2. The molecule has 0 aliphatic rings. The predicted molar refractivity (Wildman–Crippen MR) is 169 cm³/mol. The van der Waals surface area contributed by atoms with Gasteiger partial charge in [-0.15, -0.1) is 4.36 Å². The Hall–Kier alpha value is -5.36. The van der Waals surface area contributed by atoms with E-state index in [9.17, 15) is 36.5 Å². The van der Waals surface area contributed by atoms with Crippen molar-refractivity contribution in [1.29, 1.82) is 0 Å². The van der Waals surface area contributed by atoms with Gasteiger partial charge in [0.15, 0.2) is 0 Å². The first-order valence-electron chi connectivity index (χ1n) is 14.0. The lowest BCUT2D eigenvalue weighted by Gasteiger charge is -2.17. The maximum Gasteiger partial charge on any atom is 0.441 e. The number of carbonyl (C=O) groups is 2. The number of alkyl halides is 3. The van der Waals surface area contributed by atoms with Crippen molar-refractivity contribution in [1.82, 2.24) is 9.97 Å². The highest BCUT2D eigenvalue weighted by Gasteiger charge is 2.31. The van der Waals surface area contributed by atoms with Gasteiger partial charge in [0.05, 0.1) is 40.7 Å². The quantitative estimate of drug-likeness (QED) is 0.0774. The lowest BCUT2D eigenvalue weighted by atomic mass is 10.1. The summed E-state index contributed by atoms with van der Waals surface area (Å²) in [7, 11) is -2.45. The predicted octanol–water partition coefficient (Wildman–Crippen LogP) is 6.80. The van der Waals surface area contributed by atoms with E-state index in [0.29, 0.717) is 23.9 Å². The maximum atomic E-state index is 15.1.